The minimum Gasteiger partial charge on any atom is -0.355 e. The number of hydrogen-bond acceptors (Lipinski definition) is 4. The molecule has 2 N–H and O–H groups in total. The fourth-order valence-electron chi connectivity index (χ4n) is 1.53. The first-order valence-electron chi connectivity index (χ1n) is 6.05. The van der Waals surface area contributed by atoms with Crippen LogP contribution in [0.5, 0.6) is 0 Å². The second-order valence-corrected chi connectivity index (χ2v) is 3.83. The molecule has 2 aromatic heterocycles. The minimum atomic E-state index is 0.643. The Bertz CT molecular complexity index is 492. The van der Waals surface area contributed by atoms with Crippen molar-refractivity contribution < 1.29 is 0 Å². The van der Waals surface area contributed by atoms with Crippen LogP contribution in [0.1, 0.15) is 5.69 Å². The Morgan fingerprint density at radius 3 is 3.00 bits per heavy atom. The molecular weight excluding hydrogens is 242 g/mol. The lowest BCUT2D eigenvalue weighted by atomic mass is 10.3. The summed E-state index contributed by atoms with van der Waals surface area (Å²) in [5.41, 5.74) is 0.974. The van der Waals surface area contributed by atoms with Crippen molar-refractivity contribution >= 4 is 5.96 Å². The van der Waals surface area contributed by atoms with Crippen LogP contribution < -0.4 is 10.6 Å². The zero-order valence-electron chi connectivity index (χ0n) is 10.8. The Kier molecular flexibility index (Phi) is 4.86. The molecule has 0 fully saturated rings. The van der Waals surface area contributed by atoms with Gasteiger partial charge in [0.1, 0.15) is 12.7 Å². The van der Waals surface area contributed by atoms with Crippen molar-refractivity contribution in [1.29, 1.82) is 0 Å². The standard InChI is InChI=1S/C12H17N7/c1-13-12(16-6-7-19-10-14-9-18-19)17-8-11-4-2-3-5-15-11/h2-5,9-10H,6-8H2,1H3,(H2,13,16,17). The minimum absolute atomic E-state index is 0.643. The van der Waals surface area contributed by atoms with Crippen molar-refractivity contribution in [1.82, 2.24) is 30.4 Å². The summed E-state index contributed by atoms with van der Waals surface area (Å²) in [6, 6.07) is 5.83. The van der Waals surface area contributed by atoms with E-state index in [2.05, 4.69) is 30.7 Å². The van der Waals surface area contributed by atoms with Gasteiger partial charge < -0.3 is 10.6 Å². The third-order valence-electron chi connectivity index (χ3n) is 2.49. The molecular formula is C12H17N7. The molecule has 0 saturated heterocycles. The maximum atomic E-state index is 4.24. The van der Waals surface area contributed by atoms with Crippen LogP contribution >= 0.6 is 0 Å². The number of pyridine rings is 1. The number of hydrogen-bond donors (Lipinski definition) is 2. The first-order valence-corrected chi connectivity index (χ1v) is 6.05. The van der Waals surface area contributed by atoms with Gasteiger partial charge in [-0.3, -0.25) is 14.7 Å². The van der Waals surface area contributed by atoms with E-state index in [0.717, 1.165) is 24.7 Å². The Morgan fingerprint density at radius 1 is 1.37 bits per heavy atom. The highest BCUT2D eigenvalue weighted by molar-refractivity contribution is 5.79. The largest absolute Gasteiger partial charge is 0.355 e. The van der Waals surface area contributed by atoms with Crippen LogP contribution in [0, 0.1) is 0 Å². The monoisotopic (exact) mass is 259 g/mol. The van der Waals surface area contributed by atoms with Gasteiger partial charge in [0.15, 0.2) is 5.96 Å². The van der Waals surface area contributed by atoms with Crippen LogP contribution in [0.4, 0.5) is 0 Å². The number of rotatable bonds is 5. The Balaban J connectivity index is 1.72. The second-order valence-electron chi connectivity index (χ2n) is 3.83. The third-order valence-corrected chi connectivity index (χ3v) is 2.49. The topological polar surface area (TPSA) is 80.0 Å². The van der Waals surface area contributed by atoms with Gasteiger partial charge in [0.25, 0.3) is 0 Å². The molecule has 0 bridgehead atoms. The van der Waals surface area contributed by atoms with Crippen LogP contribution in [-0.4, -0.2) is 39.3 Å². The molecule has 2 aromatic rings. The van der Waals surface area contributed by atoms with E-state index < -0.39 is 0 Å². The average Bonchev–Trinajstić information content (AvgIpc) is 2.97. The van der Waals surface area contributed by atoms with Crippen molar-refractivity contribution in [3.8, 4) is 0 Å². The predicted molar refractivity (Wildman–Crippen MR) is 72.5 cm³/mol. The van der Waals surface area contributed by atoms with E-state index in [1.54, 1.807) is 24.3 Å². The lowest BCUT2D eigenvalue weighted by Crippen LogP contribution is -2.38. The molecule has 0 unspecified atom stereocenters. The molecule has 0 aliphatic carbocycles. The van der Waals surface area contributed by atoms with Gasteiger partial charge in [-0.05, 0) is 12.1 Å². The fraction of sp³-hybridized carbons (Fsp3) is 0.333. The molecule has 0 spiro atoms. The van der Waals surface area contributed by atoms with E-state index >= 15 is 0 Å². The van der Waals surface area contributed by atoms with Crippen LogP contribution in [0.2, 0.25) is 0 Å². The lowest BCUT2D eigenvalue weighted by molar-refractivity contribution is 0.596. The Labute approximate surface area is 111 Å². The van der Waals surface area contributed by atoms with Crippen molar-refractivity contribution in [3.05, 3.63) is 42.7 Å². The molecule has 2 rings (SSSR count). The molecule has 7 nitrogen and oxygen atoms in total. The maximum Gasteiger partial charge on any atom is 0.191 e. The predicted octanol–water partition coefficient (Wildman–Crippen LogP) is 0.0383. The number of aromatic nitrogens is 4. The molecule has 19 heavy (non-hydrogen) atoms. The summed E-state index contributed by atoms with van der Waals surface area (Å²) in [7, 11) is 1.74. The summed E-state index contributed by atoms with van der Waals surface area (Å²) >= 11 is 0. The SMILES string of the molecule is CN=C(NCCn1cncn1)NCc1ccccn1. The van der Waals surface area contributed by atoms with Crippen molar-refractivity contribution in [2.75, 3.05) is 13.6 Å². The summed E-state index contributed by atoms with van der Waals surface area (Å²) in [4.78, 5) is 12.3. The highest BCUT2D eigenvalue weighted by atomic mass is 15.3. The number of guanidine groups is 1. The normalized spacial score (nSPS) is 11.3. The maximum absolute atomic E-state index is 4.24. The number of aliphatic imine (C=N–C) groups is 1. The van der Waals surface area contributed by atoms with Gasteiger partial charge in [-0.25, -0.2) is 4.98 Å². The highest BCUT2D eigenvalue weighted by Crippen LogP contribution is 1.91. The van der Waals surface area contributed by atoms with Gasteiger partial charge in [-0.1, -0.05) is 6.07 Å². The zero-order chi connectivity index (χ0) is 13.3. The van der Waals surface area contributed by atoms with E-state index in [1.165, 1.54) is 6.33 Å². The third kappa shape index (κ3) is 4.38. The summed E-state index contributed by atoms with van der Waals surface area (Å²) in [6.07, 6.45) is 4.98. The second kappa shape index (κ2) is 7.10. The van der Waals surface area contributed by atoms with E-state index in [4.69, 9.17) is 0 Å². The van der Waals surface area contributed by atoms with Crippen LogP contribution in [0.15, 0.2) is 42.0 Å². The van der Waals surface area contributed by atoms with Crippen molar-refractivity contribution in [2.45, 2.75) is 13.1 Å². The van der Waals surface area contributed by atoms with E-state index in [0.29, 0.717) is 6.54 Å². The van der Waals surface area contributed by atoms with Gasteiger partial charge in [0.2, 0.25) is 0 Å². The molecule has 0 amide bonds. The summed E-state index contributed by atoms with van der Waals surface area (Å²) in [5.74, 6) is 0.741. The summed E-state index contributed by atoms with van der Waals surface area (Å²) in [6.45, 7) is 2.11. The highest BCUT2D eigenvalue weighted by Gasteiger charge is 1.98. The molecule has 0 aliphatic rings. The molecule has 0 atom stereocenters. The summed E-state index contributed by atoms with van der Waals surface area (Å²) in [5, 5.41) is 10.4. The molecule has 100 valence electrons. The molecule has 0 saturated carbocycles. The first-order chi connectivity index (χ1) is 9.38. The number of nitrogens with one attached hydrogen (secondary N) is 2. The molecule has 2 heterocycles. The number of nitrogens with zero attached hydrogens (tertiary/aromatic N) is 5. The quantitative estimate of drug-likeness (QED) is 0.585. The molecule has 0 aliphatic heterocycles. The first kappa shape index (κ1) is 13.0. The van der Waals surface area contributed by atoms with E-state index in [1.807, 2.05) is 18.2 Å². The van der Waals surface area contributed by atoms with Gasteiger partial charge in [0.05, 0.1) is 18.8 Å². The lowest BCUT2D eigenvalue weighted by Gasteiger charge is -2.11. The summed E-state index contributed by atoms with van der Waals surface area (Å²) < 4.78 is 1.76. The van der Waals surface area contributed by atoms with E-state index in [-0.39, 0.29) is 0 Å². The van der Waals surface area contributed by atoms with Gasteiger partial charge in [-0.15, -0.1) is 0 Å². The van der Waals surface area contributed by atoms with Gasteiger partial charge in [-0.2, -0.15) is 5.10 Å². The fourth-order valence-corrected chi connectivity index (χ4v) is 1.53. The van der Waals surface area contributed by atoms with Crippen molar-refractivity contribution in [3.63, 3.8) is 0 Å². The van der Waals surface area contributed by atoms with Crippen LogP contribution in [0.25, 0.3) is 0 Å². The molecule has 0 radical (unpaired) electrons. The molecule has 0 aromatic carbocycles. The smallest absolute Gasteiger partial charge is 0.191 e. The van der Waals surface area contributed by atoms with Gasteiger partial charge in [0, 0.05) is 19.8 Å². The Morgan fingerprint density at radius 2 is 2.32 bits per heavy atom. The van der Waals surface area contributed by atoms with Crippen LogP contribution in [-0.2, 0) is 13.1 Å². The average molecular weight is 259 g/mol. The Hall–Kier alpha value is -2.44. The molecule has 7 heteroatoms. The van der Waals surface area contributed by atoms with Crippen molar-refractivity contribution in [2.24, 2.45) is 4.99 Å². The van der Waals surface area contributed by atoms with Gasteiger partial charge >= 0.3 is 0 Å². The van der Waals surface area contributed by atoms with E-state index in [9.17, 15) is 0 Å². The zero-order valence-corrected chi connectivity index (χ0v) is 10.8. The van der Waals surface area contributed by atoms with Crippen LogP contribution in [0.3, 0.4) is 0 Å².